The number of rotatable bonds is 6. The molecule has 142 valence electrons. The van der Waals surface area contributed by atoms with Gasteiger partial charge in [-0.1, -0.05) is 30.9 Å². The third-order valence-corrected chi connectivity index (χ3v) is 5.46. The van der Waals surface area contributed by atoms with Crippen molar-refractivity contribution < 1.29 is 24.2 Å². The Balaban J connectivity index is 1.73. The highest BCUT2D eigenvalue weighted by Crippen LogP contribution is 2.52. The van der Waals surface area contributed by atoms with Crippen LogP contribution >= 0.6 is 0 Å². The average Bonchev–Trinajstić information content (AvgIpc) is 3.07. The van der Waals surface area contributed by atoms with Gasteiger partial charge in [0.2, 0.25) is 0 Å². The zero-order valence-corrected chi connectivity index (χ0v) is 15.3. The van der Waals surface area contributed by atoms with Gasteiger partial charge in [-0.25, -0.2) is 4.79 Å². The molecular formula is C21H23NO5. The van der Waals surface area contributed by atoms with Crippen LogP contribution in [-0.4, -0.2) is 35.6 Å². The fourth-order valence-corrected chi connectivity index (χ4v) is 4.01. The molecule has 3 atom stereocenters. The summed E-state index contributed by atoms with van der Waals surface area (Å²) >= 11 is 0. The van der Waals surface area contributed by atoms with Gasteiger partial charge in [-0.15, -0.1) is 0 Å². The quantitative estimate of drug-likeness (QED) is 0.594. The van der Waals surface area contributed by atoms with Gasteiger partial charge in [0.05, 0.1) is 12.0 Å². The summed E-state index contributed by atoms with van der Waals surface area (Å²) in [7, 11) is 0. The van der Waals surface area contributed by atoms with Crippen LogP contribution in [0.3, 0.4) is 0 Å². The minimum Gasteiger partial charge on any atom is -0.479 e. The maximum atomic E-state index is 12.4. The Morgan fingerprint density at radius 3 is 2.63 bits per heavy atom. The van der Waals surface area contributed by atoms with Crippen molar-refractivity contribution in [2.45, 2.75) is 32.2 Å². The number of benzene rings is 1. The first-order valence-electron chi connectivity index (χ1n) is 8.85. The number of ether oxygens (including phenoxy) is 1. The van der Waals surface area contributed by atoms with Crippen molar-refractivity contribution in [3.63, 3.8) is 0 Å². The zero-order valence-electron chi connectivity index (χ0n) is 15.3. The molecule has 1 heterocycles. The number of allylic oxidation sites excluding steroid dienone is 1. The molecule has 6 nitrogen and oxygen atoms in total. The topological polar surface area (TPSA) is 92.7 Å². The van der Waals surface area contributed by atoms with Crippen LogP contribution in [0.4, 0.5) is 0 Å². The molecule has 2 aliphatic rings. The number of carboxylic acid groups (broad SMARTS) is 1. The van der Waals surface area contributed by atoms with Crippen LogP contribution in [0.2, 0.25) is 0 Å². The van der Waals surface area contributed by atoms with Gasteiger partial charge in [0.1, 0.15) is 6.04 Å². The summed E-state index contributed by atoms with van der Waals surface area (Å²) in [5.74, 6) is -1.65. The molecule has 1 aromatic carbocycles. The van der Waals surface area contributed by atoms with Gasteiger partial charge >= 0.3 is 11.9 Å². The van der Waals surface area contributed by atoms with Crippen LogP contribution in [0.15, 0.2) is 48.6 Å². The number of carboxylic acids is 1. The lowest BCUT2D eigenvalue weighted by Crippen LogP contribution is -2.41. The number of hydrogen-bond donors (Lipinski definition) is 2. The molecule has 1 aromatic rings. The smallest absolute Gasteiger partial charge is 0.330 e. The van der Waals surface area contributed by atoms with Crippen molar-refractivity contribution in [1.82, 2.24) is 5.32 Å². The van der Waals surface area contributed by atoms with Gasteiger partial charge in [-0.3, -0.25) is 9.59 Å². The van der Waals surface area contributed by atoms with E-state index in [1.807, 2.05) is 0 Å². The highest BCUT2D eigenvalue weighted by molar-refractivity contribution is 5.97. The van der Waals surface area contributed by atoms with Crippen LogP contribution in [0.5, 0.6) is 0 Å². The Morgan fingerprint density at radius 2 is 2.04 bits per heavy atom. The highest BCUT2D eigenvalue weighted by atomic mass is 16.5. The van der Waals surface area contributed by atoms with Crippen LogP contribution in [-0.2, 0) is 20.7 Å². The SMILES string of the molecule is C=C1CC2COC(=O)C2(Cc2ccc(C(=O)N[C@H](C(=C)C)C(=O)O)cc2)C1. The number of cyclic esters (lactones) is 1. The average molecular weight is 369 g/mol. The molecule has 0 spiro atoms. The number of fused-ring (bicyclic) bond motifs is 1. The standard InChI is InChI=1S/C21H23NO5/c1-12(2)17(19(24)25)22-18(23)15-6-4-14(5-7-15)10-21-9-13(3)8-16(21)11-27-20(21)26/h4-7,16-17H,1,3,8-11H2,2H3,(H,22,23)(H,24,25)/t16?,17-,21?/m1/s1. The van der Waals surface area contributed by atoms with Crippen molar-refractivity contribution in [3.05, 3.63) is 59.7 Å². The highest BCUT2D eigenvalue weighted by Gasteiger charge is 2.55. The predicted octanol–water partition coefficient (Wildman–Crippen LogP) is 2.50. The van der Waals surface area contributed by atoms with Crippen molar-refractivity contribution >= 4 is 17.8 Å². The van der Waals surface area contributed by atoms with Gasteiger partial charge in [0.15, 0.2) is 0 Å². The Kier molecular flexibility index (Phi) is 4.91. The van der Waals surface area contributed by atoms with Gasteiger partial charge in [0, 0.05) is 11.5 Å². The molecule has 27 heavy (non-hydrogen) atoms. The molecule has 0 bridgehead atoms. The first-order valence-corrected chi connectivity index (χ1v) is 8.85. The van der Waals surface area contributed by atoms with Gasteiger partial charge in [-0.05, 0) is 49.5 Å². The van der Waals surface area contributed by atoms with E-state index in [2.05, 4.69) is 18.5 Å². The van der Waals surface area contributed by atoms with Crippen molar-refractivity contribution in [3.8, 4) is 0 Å². The summed E-state index contributed by atoms with van der Waals surface area (Å²) in [6.07, 6.45) is 1.99. The molecule has 2 N–H and O–H groups in total. The number of carbonyl (C=O) groups is 3. The van der Waals surface area contributed by atoms with Crippen LogP contribution in [0.25, 0.3) is 0 Å². The van der Waals surface area contributed by atoms with Crippen molar-refractivity contribution in [2.75, 3.05) is 6.61 Å². The predicted molar refractivity (Wildman–Crippen MR) is 99.1 cm³/mol. The number of carbonyl (C=O) groups excluding carboxylic acids is 2. The molecule has 2 fully saturated rings. The molecular weight excluding hydrogens is 346 g/mol. The van der Waals surface area contributed by atoms with Gasteiger partial charge in [0.25, 0.3) is 5.91 Å². The first kappa shape index (κ1) is 18.9. The van der Waals surface area contributed by atoms with E-state index < -0.39 is 23.3 Å². The fourth-order valence-electron chi connectivity index (χ4n) is 4.01. The second-order valence-electron chi connectivity index (χ2n) is 7.55. The second-order valence-corrected chi connectivity index (χ2v) is 7.55. The summed E-state index contributed by atoms with van der Waals surface area (Å²) < 4.78 is 5.29. The molecule has 1 saturated carbocycles. The number of hydrogen-bond acceptors (Lipinski definition) is 4. The van der Waals surface area contributed by atoms with E-state index in [1.165, 1.54) is 0 Å². The first-order chi connectivity index (χ1) is 12.7. The number of aliphatic carboxylic acids is 1. The lowest BCUT2D eigenvalue weighted by atomic mass is 9.75. The molecule has 0 aromatic heterocycles. The summed E-state index contributed by atoms with van der Waals surface area (Å²) in [6.45, 7) is 9.62. The van der Waals surface area contributed by atoms with E-state index in [0.717, 1.165) is 17.6 Å². The third kappa shape index (κ3) is 3.52. The molecule has 1 aliphatic heterocycles. The minimum absolute atomic E-state index is 0.160. The van der Waals surface area contributed by atoms with Gasteiger partial charge < -0.3 is 15.2 Å². The maximum absolute atomic E-state index is 12.4. The Morgan fingerprint density at radius 1 is 1.37 bits per heavy atom. The van der Waals surface area contributed by atoms with Gasteiger partial charge in [-0.2, -0.15) is 0 Å². The summed E-state index contributed by atoms with van der Waals surface area (Å²) in [6, 6.07) is 5.73. The number of nitrogens with one attached hydrogen (secondary N) is 1. The van der Waals surface area contributed by atoms with E-state index in [1.54, 1.807) is 31.2 Å². The lowest BCUT2D eigenvalue weighted by Gasteiger charge is -2.24. The zero-order chi connectivity index (χ0) is 19.8. The molecule has 6 heteroatoms. The molecule has 1 amide bonds. The fraction of sp³-hybridized carbons (Fsp3) is 0.381. The Bertz CT molecular complexity index is 811. The number of amides is 1. The van der Waals surface area contributed by atoms with E-state index in [4.69, 9.17) is 9.84 Å². The maximum Gasteiger partial charge on any atom is 0.330 e. The third-order valence-electron chi connectivity index (χ3n) is 5.46. The van der Waals surface area contributed by atoms with Crippen LogP contribution in [0.1, 0.15) is 35.7 Å². The summed E-state index contributed by atoms with van der Waals surface area (Å²) in [5, 5.41) is 11.6. The van der Waals surface area contributed by atoms with E-state index in [0.29, 0.717) is 30.6 Å². The summed E-state index contributed by atoms with van der Waals surface area (Å²) in [5.41, 5.74) is 2.16. The molecule has 1 saturated heterocycles. The molecule has 1 aliphatic carbocycles. The number of esters is 1. The normalized spacial score (nSPS) is 24.9. The van der Waals surface area contributed by atoms with Crippen molar-refractivity contribution in [1.29, 1.82) is 0 Å². The molecule has 0 radical (unpaired) electrons. The Hall–Kier alpha value is -2.89. The summed E-state index contributed by atoms with van der Waals surface area (Å²) in [4.78, 5) is 35.8. The second kappa shape index (κ2) is 7.02. The Labute approximate surface area is 157 Å². The van der Waals surface area contributed by atoms with Crippen LogP contribution in [0, 0.1) is 11.3 Å². The van der Waals surface area contributed by atoms with Crippen molar-refractivity contribution in [2.24, 2.45) is 11.3 Å². The monoisotopic (exact) mass is 369 g/mol. The molecule has 2 unspecified atom stereocenters. The van der Waals surface area contributed by atoms with Crippen LogP contribution < -0.4 is 5.32 Å². The van der Waals surface area contributed by atoms with E-state index >= 15 is 0 Å². The largest absolute Gasteiger partial charge is 0.479 e. The minimum atomic E-state index is -1.15. The molecule has 3 rings (SSSR count). The van der Waals surface area contributed by atoms with E-state index in [9.17, 15) is 14.4 Å². The van der Waals surface area contributed by atoms with E-state index in [-0.39, 0.29) is 11.9 Å². The lowest BCUT2D eigenvalue weighted by molar-refractivity contribution is -0.146.